The molecular formula is C22H14AlBrCl4. The summed E-state index contributed by atoms with van der Waals surface area (Å²) in [6, 6.07) is 4.59. The molecule has 0 saturated heterocycles. The van der Waals surface area contributed by atoms with Crippen LogP contribution in [0.25, 0.3) is 17.7 Å². The Morgan fingerprint density at radius 2 is 1.64 bits per heavy atom. The normalized spacial score (nSPS) is 24.1. The molecule has 28 heavy (non-hydrogen) atoms. The van der Waals surface area contributed by atoms with Gasteiger partial charge >= 0.3 is 9.39 Å². The Kier molecular flexibility index (Phi) is 4.82. The first-order chi connectivity index (χ1) is 13.3. The lowest BCUT2D eigenvalue weighted by Gasteiger charge is -2.38. The summed E-state index contributed by atoms with van der Waals surface area (Å²) >= 11 is 3.74. The smallest absolute Gasteiger partial charge is 0.391 e. The van der Waals surface area contributed by atoms with Crippen molar-refractivity contribution in [3.05, 3.63) is 93.5 Å². The molecule has 0 bridgehead atoms. The minimum atomic E-state index is -2.94. The average molecular weight is 527 g/mol. The molecule has 6 heteroatoms. The number of hydrogen-bond acceptors (Lipinski definition) is 0. The van der Waals surface area contributed by atoms with Gasteiger partial charge in [0.1, 0.15) is 0 Å². The molecule has 0 nitrogen and oxygen atoms in total. The van der Waals surface area contributed by atoms with E-state index in [1.165, 1.54) is 39.3 Å². The Labute approximate surface area is 192 Å². The Hall–Kier alpha value is -0.298. The standard InChI is InChI=1S/C22H14Br.Al.4ClH/c23-12-11-22-17-9-7-15-5-3-13-1-2-14-4-6-16(8-10-17)21(22)19(14)18(13)20(15)22;;;;;/h1-10H,11-12H2;;4*1H/q+1;+3;;;;/p-4. The first-order valence-electron chi connectivity index (χ1n) is 9.05. The molecule has 0 saturated carbocycles. The predicted molar refractivity (Wildman–Crippen MR) is 129 cm³/mol. The Morgan fingerprint density at radius 1 is 0.929 bits per heavy atom. The summed E-state index contributed by atoms with van der Waals surface area (Å²) in [6.07, 6.45) is 19.6. The average Bonchev–Trinajstić information content (AvgIpc) is 2.96. The van der Waals surface area contributed by atoms with Crippen molar-refractivity contribution in [3.63, 3.8) is 0 Å². The van der Waals surface area contributed by atoms with Crippen molar-refractivity contribution in [1.82, 2.24) is 0 Å². The Balaban J connectivity index is 0.000000308. The highest BCUT2D eigenvalue weighted by Crippen LogP contribution is 2.64. The zero-order valence-corrected chi connectivity index (χ0v) is 20.4. The van der Waals surface area contributed by atoms with E-state index >= 15 is 0 Å². The molecule has 0 aliphatic heterocycles. The van der Waals surface area contributed by atoms with E-state index in [4.69, 9.17) is 40.2 Å². The third-order valence-electron chi connectivity index (χ3n) is 5.93. The van der Waals surface area contributed by atoms with Gasteiger partial charge in [0.15, 0.2) is 0 Å². The van der Waals surface area contributed by atoms with E-state index in [2.05, 4.69) is 76.7 Å². The highest BCUT2D eigenvalue weighted by Gasteiger charge is 2.57. The van der Waals surface area contributed by atoms with E-state index < -0.39 is 9.39 Å². The van der Waals surface area contributed by atoms with Crippen LogP contribution in [-0.2, 0) is 5.41 Å². The molecule has 0 aromatic heterocycles. The molecule has 0 spiro atoms. The number of allylic oxidation sites excluding steroid dienone is 10. The van der Waals surface area contributed by atoms with Crippen LogP contribution in [0.2, 0.25) is 0 Å². The van der Waals surface area contributed by atoms with Crippen molar-refractivity contribution >= 4 is 83.2 Å². The molecule has 6 rings (SSSR count). The molecular weight excluding hydrogens is 513 g/mol. The van der Waals surface area contributed by atoms with Gasteiger partial charge in [0.05, 0.1) is 28.0 Å². The molecule has 5 aliphatic carbocycles. The van der Waals surface area contributed by atoms with Crippen molar-refractivity contribution in [2.24, 2.45) is 0 Å². The molecule has 0 radical (unpaired) electrons. The van der Waals surface area contributed by atoms with Gasteiger partial charge in [-0.3, -0.25) is 0 Å². The lowest BCUT2D eigenvalue weighted by Crippen LogP contribution is -2.34. The highest BCUT2D eigenvalue weighted by atomic mass is 79.9. The molecule has 0 fully saturated rings. The van der Waals surface area contributed by atoms with Gasteiger partial charge in [0.25, 0.3) is 0 Å². The summed E-state index contributed by atoms with van der Waals surface area (Å²) in [5.41, 5.74) is 11.7. The molecule has 140 valence electrons. The quantitative estimate of drug-likeness (QED) is 0.208. The molecule has 5 aliphatic rings. The third kappa shape index (κ3) is 2.81. The minimum Gasteiger partial charge on any atom is -0.391 e. The van der Waals surface area contributed by atoms with Crippen LogP contribution < -0.4 is 0 Å². The van der Waals surface area contributed by atoms with E-state index in [-0.39, 0.29) is 5.41 Å². The second kappa shape index (κ2) is 6.86. The summed E-state index contributed by atoms with van der Waals surface area (Å²) in [4.78, 5) is 0. The lowest BCUT2D eigenvalue weighted by atomic mass is 9.61. The first kappa shape index (κ1) is 19.7. The van der Waals surface area contributed by atoms with Crippen molar-refractivity contribution in [2.75, 3.05) is 5.33 Å². The molecule has 0 amide bonds. The maximum Gasteiger partial charge on any atom is 0.564 e. The summed E-state index contributed by atoms with van der Waals surface area (Å²) in [5.74, 6) is 1.38. The van der Waals surface area contributed by atoms with Crippen LogP contribution in [0.4, 0.5) is 0 Å². The number of alkyl halides is 1. The van der Waals surface area contributed by atoms with Crippen LogP contribution in [0.5, 0.6) is 0 Å². The zero-order valence-electron chi connectivity index (χ0n) is 14.7. The van der Waals surface area contributed by atoms with Crippen LogP contribution in [-0.4, -0.2) is 14.7 Å². The molecule has 1 unspecified atom stereocenters. The van der Waals surface area contributed by atoms with E-state index in [0.717, 1.165) is 11.8 Å². The SMILES string of the molecule is BrCCC12C3=CC=C4C=C[C+]5C=Cc6ccc(c1c6C5=C42)C=C3.[Cl][Al-]([Cl])([Cl])[Cl]. The molecule has 1 aromatic rings. The maximum absolute atomic E-state index is 4.99. The van der Waals surface area contributed by atoms with Crippen molar-refractivity contribution in [2.45, 2.75) is 11.8 Å². The summed E-state index contributed by atoms with van der Waals surface area (Å²) in [6.45, 7) is 0. The van der Waals surface area contributed by atoms with Gasteiger partial charge in [0, 0.05) is 46.3 Å². The first-order valence-corrected chi connectivity index (χ1v) is 17.2. The van der Waals surface area contributed by atoms with Crippen molar-refractivity contribution in [1.29, 1.82) is 0 Å². The number of benzene rings is 1. The molecule has 1 aromatic carbocycles. The topological polar surface area (TPSA) is 0 Å². The van der Waals surface area contributed by atoms with Crippen LogP contribution in [0.15, 0.2) is 65.3 Å². The van der Waals surface area contributed by atoms with Gasteiger partial charge in [0.2, 0.25) is 0 Å². The van der Waals surface area contributed by atoms with Gasteiger partial charge in [-0.15, -0.1) is 0 Å². The zero-order chi connectivity index (χ0) is 19.7. The number of hydrogen-bond donors (Lipinski definition) is 0. The molecule has 0 N–H and O–H groups in total. The third-order valence-corrected chi connectivity index (χ3v) is 6.33. The van der Waals surface area contributed by atoms with Crippen molar-refractivity contribution in [3.8, 4) is 0 Å². The summed E-state index contributed by atoms with van der Waals surface area (Å²) in [5, 5.41) is 1.01. The Bertz CT molecular complexity index is 1080. The van der Waals surface area contributed by atoms with Gasteiger partial charge in [-0.25, -0.2) is 0 Å². The maximum atomic E-state index is 4.99. The van der Waals surface area contributed by atoms with Gasteiger partial charge < -0.3 is 40.2 Å². The monoisotopic (exact) mass is 524 g/mol. The van der Waals surface area contributed by atoms with Crippen LogP contribution in [0.3, 0.4) is 0 Å². The summed E-state index contributed by atoms with van der Waals surface area (Å²) in [7, 11) is 17.0. The Morgan fingerprint density at radius 3 is 2.39 bits per heavy atom. The number of halogens is 5. The second-order valence-corrected chi connectivity index (χ2v) is 20.9. The highest BCUT2D eigenvalue weighted by molar-refractivity contribution is 9.09. The molecule has 1 atom stereocenters. The lowest BCUT2D eigenvalue weighted by molar-refractivity contribution is 0.597. The fourth-order valence-electron chi connectivity index (χ4n) is 5.11. The van der Waals surface area contributed by atoms with Gasteiger partial charge in [-0.2, -0.15) is 0 Å². The summed E-state index contributed by atoms with van der Waals surface area (Å²) < 4.78 is 0. The van der Waals surface area contributed by atoms with Crippen LogP contribution in [0.1, 0.15) is 28.7 Å². The van der Waals surface area contributed by atoms with Gasteiger partial charge in [-0.1, -0.05) is 40.2 Å². The van der Waals surface area contributed by atoms with Gasteiger partial charge in [-0.05, 0) is 29.7 Å². The second-order valence-electron chi connectivity index (χ2n) is 7.28. The fraction of sp³-hybridized carbons (Fsp3) is 0.136. The minimum absolute atomic E-state index is 0.0420. The van der Waals surface area contributed by atoms with Crippen LogP contribution in [0, 0.1) is 5.92 Å². The van der Waals surface area contributed by atoms with E-state index in [1.807, 2.05) is 0 Å². The predicted octanol–water partition coefficient (Wildman–Crippen LogP) is 7.92. The fourth-order valence-corrected chi connectivity index (χ4v) is 5.71. The number of rotatable bonds is 2. The van der Waals surface area contributed by atoms with E-state index in [0.29, 0.717) is 0 Å². The van der Waals surface area contributed by atoms with E-state index in [9.17, 15) is 0 Å². The molecule has 0 heterocycles. The van der Waals surface area contributed by atoms with Crippen molar-refractivity contribution < 1.29 is 0 Å². The largest absolute Gasteiger partial charge is 0.564 e. The van der Waals surface area contributed by atoms with E-state index in [1.54, 1.807) is 11.1 Å². The van der Waals surface area contributed by atoms with Crippen LogP contribution >= 0.6 is 56.1 Å².